The number of hydrogen-bond acceptors (Lipinski definition) is 3. The van der Waals surface area contributed by atoms with Gasteiger partial charge in [0, 0.05) is 12.1 Å². The number of ketones is 1. The van der Waals surface area contributed by atoms with Crippen LogP contribution in [0.25, 0.3) is 5.57 Å². The number of aromatic amines is 1. The molecule has 1 aliphatic heterocycles. The summed E-state index contributed by atoms with van der Waals surface area (Å²) in [5.74, 6) is -0.369. The van der Waals surface area contributed by atoms with E-state index in [1.807, 2.05) is 13.0 Å². The number of Topliss-reactive ketones (excluding diaryl/α,β-unsaturated/α-hetero) is 1. The molecule has 0 saturated heterocycles. The molecule has 0 saturated carbocycles. The van der Waals surface area contributed by atoms with Crippen LogP contribution in [-0.4, -0.2) is 43.0 Å². The van der Waals surface area contributed by atoms with Crippen LogP contribution in [0.1, 0.15) is 51.0 Å². The summed E-state index contributed by atoms with van der Waals surface area (Å²) in [5.41, 5.74) is 4.94. The minimum atomic E-state index is -0.409. The van der Waals surface area contributed by atoms with Crippen LogP contribution in [0.15, 0.2) is 36.4 Å². The molecule has 1 aromatic carbocycles. The number of aromatic nitrogens is 1. The van der Waals surface area contributed by atoms with Crippen molar-refractivity contribution >= 4 is 17.3 Å². The van der Waals surface area contributed by atoms with Gasteiger partial charge in [0.15, 0.2) is 6.04 Å². The van der Waals surface area contributed by atoms with Crippen LogP contribution >= 0.6 is 0 Å². The molecule has 1 aromatic heterocycles. The summed E-state index contributed by atoms with van der Waals surface area (Å²) in [5, 5.41) is 0. The van der Waals surface area contributed by atoms with E-state index in [0.29, 0.717) is 22.5 Å². The Balaban J connectivity index is 1.76. The van der Waals surface area contributed by atoms with Gasteiger partial charge in [-0.3, -0.25) is 4.79 Å². The van der Waals surface area contributed by atoms with E-state index in [9.17, 15) is 9.59 Å². The topological polar surface area (TPSA) is 63.6 Å². The van der Waals surface area contributed by atoms with E-state index in [1.165, 1.54) is 23.1 Å². The molecule has 1 aliphatic rings. The zero-order chi connectivity index (χ0) is 19.6. The minimum absolute atomic E-state index is 0.0392. The molecular weight excluding hydrogens is 340 g/mol. The third-order valence-electron chi connectivity index (χ3n) is 5.55. The number of carbonyl (C=O) groups excluding carboxylic acids is 2. The molecule has 142 valence electrons. The molecule has 5 nitrogen and oxygen atoms in total. The van der Waals surface area contributed by atoms with Gasteiger partial charge >= 0.3 is 5.97 Å². The SMILES string of the molecule is COC(=O)c1c(C)[nH]c(C(=O)[C@H](C)[NH+]2CC=C(c3ccccc3)CC2)c1C. The highest BCUT2D eigenvalue weighted by molar-refractivity contribution is 6.03. The number of nitrogens with one attached hydrogen (secondary N) is 2. The summed E-state index contributed by atoms with van der Waals surface area (Å²) < 4.78 is 4.84. The fourth-order valence-electron chi connectivity index (χ4n) is 3.87. The summed E-state index contributed by atoms with van der Waals surface area (Å²) in [4.78, 5) is 29.4. The fraction of sp³-hybridized carbons (Fsp3) is 0.364. The molecule has 2 N–H and O–H groups in total. The number of ether oxygens (including phenoxy) is 1. The number of H-pyrrole nitrogens is 1. The van der Waals surface area contributed by atoms with E-state index >= 15 is 0 Å². The monoisotopic (exact) mass is 367 g/mol. The van der Waals surface area contributed by atoms with Crippen LogP contribution in [-0.2, 0) is 4.74 Å². The zero-order valence-corrected chi connectivity index (χ0v) is 16.4. The molecule has 1 unspecified atom stereocenters. The first-order valence-electron chi connectivity index (χ1n) is 9.34. The first-order valence-corrected chi connectivity index (χ1v) is 9.34. The second kappa shape index (κ2) is 7.92. The summed E-state index contributed by atoms with van der Waals surface area (Å²) in [6.45, 7) is 7.29. The van der Waals surface area contributed by atoms with E-state index < -0.39 is 5.97 Å². The van der Waals surface area contributed by atoms with Gasteiger partial charge in [0.2, 0.25) is 5.78 Å². The number of hydrogen-bond donors (Lipinski definition) is 2. The van der Waals surface area contributed by atoms with Gasteiger partial charge in [0.05, 0.1) is 31.5 Å². The van der Waals surface area contributed by atoms with Crippen molar-refractivity contribution in [1.82, 2.24) is 4.98 Å². The Bertz CT molecular complexity index is 880. The Morgan fingerprint density at radius 2 is 1.89 bits per heavy atom. The molecule has 2 aromatic rings. The highest BCUT2D eigenvalue weighted by Crippen LogP contribution is 2.21. The molecule has 2 heterocycles. The number of benzene rings is 1. The van der Waals surface area contributed by atoms with Crippen molar-refractivity contribution in [3.63, 3.8) is 0 Å². The molecule has 0 fully saturated rings. The highest BCUT2D eigenvalue weighted by Gasteiger charge is 2.31. The van der Waals surface area contributed by atoms with E-state index in [1.54, 1.807) is 13.8 Å². The number of esters is 1. The zero-order valence-electron chi connectivity index (χ0n) is 16.4. The summed E-state index contributed by atoms with van der Waals surface area (Å²) >= 11 is 0. The number of carbonyl (C=O) groups is 2. The Morgan fingerprint density at radius 3 is 2.48 bits per heavy atom. The number of aryl methyl sites for hydroxylation is 1. The van der Waals surface area contributed by atoms with Crippen molar-refractivity contribution in [2.45, 2.75) is 33.2 Å². The second-order valence-corrected chi connectivity index (χ2v) is 7.16. The van der Waals surface area contributed by atoms with E-state index in [2.05, 4.69) is 35.3 Å². The van der Waals surface area contributed by atoms with Gasteiger partial charge in [-0.05, 0) is 43.5 Å². The normalized spacial score (nSPS) is 17.9. The van der Waals surface area contributed by atoms with Gasteiger partial charge in [-0.1, -0.05) is 30.3 Å². The van der Waals surface area contributed by atoms with Crippen molar-refractivity contribution in [2.24, 2.45) is 0 Å². The molecule has 3 rings (SSSR count). The Morgan fingerprint density at radius 1 is 1.19 bits per heavy atom. The third kappa shape index (κ3) is 3.74. The van der Waals surface area contributed by atoms with E-state index in [-0.39, 0.29) is 11.8 Å². The van der Waals surface area contributed by atoms with Gasteiger partial charge in [0.25, 0.3) is 0 Å². The average molecular weight is 367 g/mol. The van der Waals surface area contributed by atoms with E-state index in [0.717, 1.165) is 19.5 Å². The van der Waals surface area contributed by atoms with Crippen LogP contribution in [0.4, 0.5) is 0 Å². The molecule has 0 spiro atoms. The van der Waals surface area contributed by atoms with E-state index in [4.69, 9.17) is 4.74 Å². The number of methoxy groups -OCH3 is 1. The minimum Gasteiger partial charge on any atom is -0.465 e. The average Bonchev–Trinajstić information content (AvgIpc) is 3.01. The van der Waals surface area contributed by atoms with Gasteiger partial charge in [-0.25, -0.2) is 4.79 Å². The standard InChI is InChI=1S/C22H26N2O3/c1-14-19(22(26)27-4)15(2)23-20(14)21(25)16(3)24-12-10-18(11-13-24)17-8-6-5-7-9-17/h5-10,16,23H,11-13H2,1-4H3/p+1/t16-/m0/s1. The fourth-order valence-corrected chi connectivity index (χ4v) is 3.87. The summed E-state index contributed by atoms with van der Waals surface area (Å²) in [6.07, 6.45) is 3.19. The lowest BCUT2D eigenvalue weighted by Gasteiger charge is -2.28. The smallest absolute Gasteiger partial charge is 0.339 e. The maximum Gasteiger partial charge on any atom is 0.339 e. The largest absolute Gasteiger partial charge is 0.465 e. The van der Waals surface area contributed by atoms with Crippen LogP contribution in [0, 0.1) is 13.8 Å². The maximum atomic E-state index is 13.1. The predicted molar refractivity (Wildman–Crippen MR) is 105 cm³/mol. The first-order chi connectivity index (χ1) is 12.9. The molecule has 5 heteroatoms. The summed E-state index contributed by atoms with van der Waals surface area (Å²) in [6, 6.07) is 10.2. The Labute approximate surface area is 160 Å². The lowest BCUT2D eigenvalue weighted by atomic mass is 9.97. The van der Waals surface area contributed by atoms with Crippen molar-refractivity contribution in [3.8, 4) is 0 Å². The molecule has 0 aliphatic carbocycles. The molecule has 2 atom stereocenters. The van der Waals surface area contributed by atoms with Gasteiger partial charge < -0.3 is 14.6 Å². The van der Waals surface area contributed by atoms with Gasteiger partial charge in [-0.2, -0.15) is 0 Å². The third-order valence-corrected chi connectivity index (χ3v) is 5.55. The van der Waals surface area contributed by atoms with Gasteiger partial charge in [-0.15, -0.1) is 0 Å². The Kier molecular flexibility index (Phi) is 5.61. The predicted octanol–water partition coefficient (Wildman–Crippen LogP) is 2.36. The quantitative estimate of drug-likeness (QED) is 0.630. The van der Waals surface area contributed by atoms with Crippen LogP contribution in [0.5, 0.6) is 0 Å². The second-order valence-electron chi connectivity index (χ2n) is 7.16. The van der Waals surface area contributed by atoms with Crippen LogP contribution in [0.2, 0.25) is 0 Å². The number of quaternary nitrogens is 1. The Hall–Kier alpha value is -2.66. The van der Waals surface area contributed by atoms with Crippen LogP contribution in [0.3, 0.4) is 0 Å². The lowest BCUT2D eigenvalue weighted by molar-refractivity contribution is -0.908. The van der Waals surface area contributed by atoms with Crippen molar-refractivity contribution in [2.75, 3.05) is 20.2 Å². The first kappa shape index (κ1) is 19.1. The molecule has 0 bridgehead atoms. The molecular formula is C22H27N2O3+. The molecule has 0 amide bonds. The molecule has 27 heavy (non-hydrogen) atoms. The van der Waals surface area contributed by atoms with Crippen molar-refractivity contribution in [3.05, 3.63) is 64.5 Å². The van der Waals surface area contributed by atoms with Gasteiger partial charge in [0.1, 0.15) is 0 Å². The summed E-state index contributed by atoms with van der Waals surface area (Å²) in [7, 11) is 1.35. The molecule has 0 radical (unpaired) electrons. The van der Waals surface area contributed by atoms with Crippen LogP contribution < -0.4 is 4.90 Å². The van der Waals surface area contributed by atoms with Crippen molar-refractivity contribution < 1.29 is 19.2 Å². The lowest BCUT2D eigenvalue weighted by Crippen LogP contribution is -3.16. The maximum absolute atomic E-state index is 13.1. The number of rotatable bonds is 5. The van der Waals surface area contributed by atoms with Crippen molar-refractivity contribution in [1.29, 1.82) is 0 Å². The highest BCUT2D eigenvalue weighted by atomic mass is 16.5.